The van der Waals surface area contributed by atoms with E-state index in [1.54, 1.807) is 7.11 Å². The highest BCUT2D eigenvalue weighted by atomic mass is 16.5. The Hall–Kier alpha value is -0.160. The Morgan fingerprint density at radius 1 is 1.31 bits per heavy atom. The fraction of sp³-hybridized carbons (Fsp3) is 1.00. The third-order valence-electron chi connectivity index (χ3n) is 3.40. The Labute approximate surface area is 99.1 Å². The predicted octanol–water partition coefficient (Wildman–Crippen LogP) is 0.709. The average molecular weight is 230 g/mol. The minimum atomic E-state index is 0.558. The maximum absolute atomic E-state index is 5.79. The number of nitrogens with two attached hydrogens (primary N) is 1. The van der Waals surface area contributed by atoms with Crippen molar-refractivity contribution in [1.82, 2.24) is 4.90 Å². The van der Waals surface area contributed by atoms with Gasteiger partial charge in [0.25, 0.3) is 0 Å². The summed E-state index contributed by atoms with van der Waals surface area (Å²) in [5.74, 6) is 0.735. The van der Waals surface area contributed by atoms with Gasteiger partial charge in [-0.3, -0.25) is 4.90 Å². The van der Waals surface area contributed by atoms with Gasteiger partial charge in [-0.05, 0) is 25.3 Å². The summed E-state index contributed by atoms with van der Waals surface area (Å²) in [6.07, 6.45) is 2.25. The van der Waals surface area contributed by atoms with Crippen molar-refractivity contribution < 1.29 is 9.47 Å². The monoisotopic (exact) mass is 230 g/mol. The van der Waals surface area contributed by atoms with E-state index in [1.165, 1.54) is 13.0 Å². The van der Waals surface area contributed by atoms with Crippen LogP contribution in [0.2, 0.25) is 0 Å². The Morgan fingerprint density at radius 2 is 2.12 bits per heavy atom. The van der Waals surface area contributed by atoms with Crippen molar-refractivity contribution in [2.45, 2.75) is 25.8 Å². The van der Waals surface area contributed by atoms with Crippen molar-refractivity contribution in [3.63, 3.8) is 0 Å². The molecule has 2 N–H and O–H groups in total. The van der Waals surface area contributed by atoms with E-state index in [4.69, 9.17) is 15.2 Å². The topological polar surface area (TPSA) is 47.7 Å². The van der Waals surface area contributed by atoms with Crippen LogP contribution in [0.1, 0.15) is 19.8 Å². The maximum atomic E-state index is 5.79. The van der Waals surface area contributed by atoms with Crippen molar-refractivity contribution in [3.05, 3.63) is 0 Å². The van der Waals surface area contributed by atoms with Crippen LogP contribution in [0.25, 0.3) is 0 Å². The molecule has 1 aliphatic rings. The molecule has 1 rings (SSSR count). The van der Waals surface area contributed by atoms with Gasteiger partial charge in [0.2, 0.25) is 0 Å². The van der Waals surface area contributed by atoms with Gasteiger partial charge in [0, 0.05) is 39.5 Å². The lowest BCUT2D eigenvalue weighted by Gasteiger charge is -2.25. The van der Waals surface area contributed by atoms with Crippen LogP contribution in [-0.4, -0.2) is 57.5 Å². The summed E-state index contributed by atoms with van der Waals surface area (Å²) in [4.78, 5) is 2.46. The van der Waals surface area contributed by atoms with Gasteiger partial charge < -0.3 is 15.2 Å². The molecule has 0 aliphatic carbocycles. The Kier molecular flexibility index (Phi) is 6.96. The summed E-state index contributed by atoms with van der Waals surface area (Å²) < 4.78 is 10.5. The first-order valence-electron chi connectivity index (χ1n) is 6.30. The minimum Gasteiger partial charge on any atom is -0.385 e. The minimum absolute atomic E-state index is 0.558. The normalized spacial score (nSPS) is 26.4. The maximum Gasteiger partial charge on any atom is 0.0593 e. The van der Waals surface area contributed by atoms with Gasteiger partial charge in [-0.15, -0.1) is 0 Å². The highest BCUT2D eigenvalue weighted by molar-refractivity contribution is 4.84. The van der Waals surface area contributed by atoms with E-state index in [-0.39, 0.29) is 0 Å². The van der Waals surface area contributed by atoms with Crippen LogP contribution in [-0.2, 0) is 9.47 Å². The molecule has 4 heteroatoms. The molecular weight excluding hydrogens is 204 g/mol. The van der Waals surface area contributed by atoms with Crippen LogP contribution < -0.4 is 5.73 Å². The molecule has 0 amide bonds. The Bertz CT molecular complexity index is 178. The van der Waals surface area contributed by atoms with Crippen molar-refractivity contribution in [3.8, 4) is 0 Å². The first-order chi connectivity index (χ1) is 7.79. The van der Waals surface area contributed by atoms with Crippen LogP contribution in [0, 0.1) is 5.92 Å². The second-order valence-corrected chi connectivity index (χ2v) is 4.56. The van der Waals surface area contributed by atoms with Gasteiger partial charge in [0.1, 0.15) is 0 Å². The van der Waals surface area contributed by atoms with Gasteiger partial charge in [0.05, 0.1) is 6.61 Å². The van der Waals surface area contributed by atoms with Crippen molar-refractivity contribution >= 4 is 0 Å². The molecule has 0 saturated carbocycles. The van der Waals surface area contributed by atoms with Gasteiger partial charge >= 0.3 is 0 Å². The average Bonchev–Trinajstić information content (AvgIpc) is 2.64. The molecule has 0 aromatic carbocycles. The quantitative estimate of drug-likeness (QED) is 0.624. The van der Waals surface area contributed by atoms with E-state index in [1.807, 2.05) is 0 Å². The molecule has 0 aromatic heterocycles. The zero-order valence-electron chi connectivity index (χ0n) is 10.7. The summed E-state index contributed by atoms with van der Waals surface area (Å²) >= 11 is 0. The predicted molar refractivity (Wildman–Crippen MR) is 65.5 cm³/mol. The van der Waals surface area contributed by atoms with Gasteiger partial charge in [0.15, 0.2) is 0 Å². The number of likely N-dealkylation sites (tertiary alicyclic amines) is 1. The molecule has 2 atom stereocenters. The molecular formula is C12H26N2O2. The molecule has 1 saturated heterocycles. The van der Waals surface area contributed by atoms with E-state index in [0.29, 0.717) is 6.04 Å². The van der Waals surface area contributed by atoms with E-state index in [0.717, 1.165) is 45.2 Å². The Morgan fingerprint density at radius 3 is 2.81 bits per heavy atom. The molecule has 0 radical (unpaired) electrons. The van der Waals surface area contributed by atoms with Crippen LogP contribution >= 0.6 is 0 Å². The van der Waals surface area contributed by atoms with Crippen molar-refractivity contribution in [1.29, 1.82) is 0 Å². The van der Waals surface area contributed by atoms with Crippen LogP contribution in [0.5, 0.6) is 0 Å². The van der Waals surface area contributed by atoms with E-state index in [9.17, 15) is 0 Å². The number of hydrogen-bond acceptors (Lipinski definition) is 4. The van der Waals surface area contributed by atoms with Crippen LogP contribution in [0.15, 0.2) is 0 Å². The summed E-state index contributed by atoms with van der Waals surface area (Å²) in [6.45, 7) is 7.63. The number of hydrogen-bond donors (Lipinski definition) is 1. The number of rotatable bonds is 8. The summed E-state index contributed by atoms with van der Waals surface area (Å²) in [5.41, 5.74) is 5.79. The smallest absolute Gasteiger partial charge is 0.0593 e. The molecule has 1 heterocycles. The molecule has 16 heavy (non-hydrogen) atoms. The third-order valence-corrected chi connectivity index (χ3v) is 3.40. The third kappa shape index (κ3) is 4.37. The fourth-order valence-electron chi connectivity index (χ4n) is 2.34. The SMILES string of the molecule is COCCCOCCN1CCC(C)C1CN. The summed E-state index contributed by atoms with van der Waals surface area (Å²) in [7, 11) is 1.72. The summed E-state index contributed by atoms with van der Waals surface area (Å²) in [5, 5.41) is 0. The van der Waals surface area contributed by atoms with E-state index in [2.05, 4.69) is 11.8 Å². The zero-order chi connectivity index (χ0) is 11.8. The molecule has 2 unspecified atom stereocenters. The first kappa shape index (κ1) is 13.9. The number of methoxy groups -OCH3 is 1. The van der Waals surface area contributed by atoms with Crippen molar-refractivity contribution in [2.24, 2.45) is 11.7 Å². The lowest BCUT2D eigenvalue weighted by molar-refractivity contribution is 0.0796. The summed E-state index contributed by atoms with van der Waals surface area (Å²) in [6, 6.07) is 0.558. The first-order valence-corrected chi connectivity index (χ1v) is 6.30. The van der Waals surface area contributed by atoms with E-state index < -0.39 is 0 Å². The molecule has 1 fully saturated rings. The molecule has 0 spiro atoms. The van der Waals surface area contributed by atoms with Gasteiger partial charge in [-0.25, -0.2) is 0 Å². The standard InChI is InChI=1S/C12H26N2O2/c1-11-4-5-14(12(11)10-13)6-9-16-8-3-7-15-2/h11-12H,3-10,13H2,1-2H3. The molecule has 4 nitrogen and oxygen atoms in total. The lowest BCUT2D eigenvalue weighted by atomic mass is 10.0. The molecule has 0 bridgehead atoms. The molecule has 1 aliphatic heterocycles. The van der Waals surface area contributed by atoms with Gasteiger partial charge in [-0.1, -0.05) is 6.92 Å². The largest absolute Gasteiger partial charge is 0.385 e. The van der Waals surface area contributed by atoms with E-state index >= 15 is 0 Å². The van der Waals surface area contributed by atoms with Gasteiger partial charge in [-0.2, -0.15) is 0 Å². The lowest BCUT2D eigenvalue weighted by Crippen LogP contribution is -2.40. The van der Waals surface area contributed by atoms with Crippen LogP contribution in [0.4, 0.5) is 0 Å². The number of nitrogens with zero attached hydrogens (tertiary/aromatic N) is 1. The second kappa shape index (κ2) is 8.01. The van der Waals surface area contributed by atoms with Crippen molar-refractivity contribution in [2.75, 3.05) is 46.6 Å². The highest BCUT2D eigenvalue weighted by Gasteiger charge is 2.29. The molecule has 96 valence electrons. The second-order valence-electron chi connectivity index (χ2n) is 4.56. The molecule has 0 aromatic rings. The van der Waals surface area contributed by atoms with Crippen LogP contribution in [0.3, 0.4) is 0 Å². The number of ether oxygens (including phenoxy) is 2. The zero-order valence-corrected chi connectivity index (χ0v) is 10.7. The Balaban J connectivity index is 2.04. The fourth-order valence-corrected chi connectivity index (χ4v) is 2.34. The highest BCUT2D eigenvalue weighted by Crippen LogP contribution is 2.22.